The molecule has 1 rings (SSSR count). The van der Waals surface area contributed by atoms with Crippen LogP contribution >= 0.6 is 0 Å². The second-order valence-corrected chi connectivity index (χ2v) is 5.07. The van der Waals surface area contributed by atoms with Gasteiger partial charge < -0.3 is 14.8 Å². The van der Waals surface area contributed by atoms with E-state index in [-0.39, 0.29) is 12.6 Å². The van der Waals surface area contributed by atoms with Crippen LogP contribution in [0.15, 0.2) is 12.1 Å². The summed E-state index contributed by atoms with van der Waals surface area (Å²) < 4.78 is 10.6. The number of hydrogen-bond acceptors (Lipinski definition) is 4. The molecule has 0 aromatic heterocycles. The van der Waals surface area contributed by atoms with Gasteiger partial charge in [-0.05, 0) is 57.5 Å². The number of esters is 1. The highest BCUT2D eigenvalue weighted by molar-refractivity contribution is 5.80. The summed E-state index contributed by atoms with van der Waals surface area (Å²) in [5.74, 6) is 0.472. The zero-order valence-corrected chi connectivity index (χ0v) is 12.6. The first-order valence-corrected chi connectivity index (χ1v) is 6.32. The van der Waals surface area contributed by atoms with Crippen LogP contribution in [0.1, 0.15) is 23.6 Å². The Bertz CT molecular complexity index is 471. The van der Waals surface area contributed by atoms with Gasteiger partial charge >= 0.3 is 5.97 Å². The monoisotopic (exact) mass is 265 g/mol. The average Bonchev–Trinajstić information content (AvgIpc) is 2.39. The Morgan fingerprint density at radius 3 is 2.47 bits per heavy atom. The van der Waals surface area contributed by atoms with Crippen molar-refractivity contribution >= 4 is 5.97 Å². The van der Waals surface area contributed by atoms with Crippen molar-refractivity contribution in [3.05, 3.63) is 28.8 Å². The normalized spacial score (nSPS) is 13.8. The fourth-order valence-corrected chi connectivity index (χ4v) is 1.83. The lowest BCUT2D eigenvalue weighted by molar-refractivity contribution is -0.148. The summed E-state index contributed by atoms with van der Waals surface area (Å²) in [5, 5.41) is 2.95. The molecule has 0 saturated heterocycles. The lowest BCUT2D eigenvalue weighted by Gasteiger charge is -2.26. The maximum absolute atomic E-state index is 11.7. The second-order valence-electron chi connectivity index (χ2n) is 5.07. The van der Waals surface area contributed by atoms with Gasteiger partial charge in [0.25, 0.3) is 0 Å². The lowest BCUT2D eigenvalue weighted by atomic mass is 10.0. The minimum Gasteiger partial charge on any atom is -0.491 e. The minimum absolute atomic E-state index is 0.222. The van der Waals surface area contributed by atoms with Gasteiger partial charge in [0.15, 0.2) is 0 Å². The third kappa shape index (κ3) is 3.47. The van der Waals surface area contributed by atoms with E-state index in [1.807, 2.05) is 26.8 Å². The van der Waals surface area contributed by atoms with Gasteiger partial charge in [-0.15, -0.1) is 0 Å². The smallest absolute Gasteiger partial charge is 0.329 e. The van der Waals surface area contributed by atoms with Gasteiger partial charge in [-0.3, -0.25) is 0 Å². The highest BCUT2D eigenvalue weighted by atomic mass is 16.5. The van der Waals surface area contributed by atoms with Crippen molar-refractivity contribution in [1.29, 1.82) is 0 Å². The molecule has 0 fully saturated rings. The van der Waals surface area contributed by atoms with Crippen molar-refractivity contribution in [2.24, 2.45) is 0 Å². The summed E-state index contributed by atoms with van der Waals surface area (Å²) in [4.78, 5) is 11.7. The Morgan fingerprint density at radius 2 is 1.95 bits per heavy atom. The van der Waals surface area contributed by atoms with E-state index in [1.54, 1.807) is 14.0 Å². The molecule has 1 aromatic rings. The lowest BCUT2D eigenvalue weighted by Crippen LogP contribution is -2.52. The van der Waals surface area contributed by atoms with Gasteiger partial charge in [0, 0.05) is 0 Å². The molecule has 0 bridgehead atoms. The fourth-order valence-electron chi connectivity index (χ4n) is 1.83. The van der Waals surface area contributed by atoms with Crippen LogP contribution in [0.3, 0.4) is 0 Å². The molecule has 0 aliphatic rings. The fraction of sp³-hybridized carbons (Fsp3) is 0.533. The summed E-state index contributed by atoms with van der Waals surface area (Å²) in [5.41, 5.74) is 2.56. The molecule has 0 aliphatic heterocycles. The van der Waals surface area contributed by atoms with E-state index >= 15 is 0 Å². The van der Waals surface area contributed by atoms with Crippen LogP contribution in [0.25, 0.3) is 0 Å². The number of carbonyl (C=O) groups is 1. The maximum Gasteiger partial charge on any atom is 0.329 e. The van der Waals surface area contributed by atoms with Crippen LogP contribution in [0, 0.1) is 20.8 Å². The van der Waals surface area contributed by atoms with Gasteiger partial charge in [0.2, 0.25) is 0 Å². The van der Waals surface area contributed by atoms with Crippen LogP contribution in [0.2, 0.25) is 0 Å². The molecule has 0 aliphatic carbocycles. The molecule has 1 aromatic carbocycles. The number of nitrogens with one attached hydrogen (secondary N) is 1. The Kier molecular flexibility index (Phi) is 4.95. The Morgan fingerprint density at radius 1 is 1.32 bits per heavy atom. The first kappa shape index (κ1) is 15.5. The Balaban J connectivity index is 2.89. The Labute approximate surface area is 115 Å². The summed E-state index contributed by atoms with van der Waals surface area (Å²) in [7, 11) is 3.09. The molecule has 4 heteroatoms. The molecule has 19 heavy (non-hydrogen) atoms. The topological polar surface area (TPSA) is 47.6 Å². The van der Waals surface area contributed by atoms with Gasteiger partial charge in [-0.2, -0.15) is 0 Å². The number of carbonyl (C=O) groups excluding carboxylic acids is 1. The first-order valence-electron chi connectivity index (χ1n) is 6.32. The van der Waals surface area contributed by atoms with Crippen LogP contribution in [-0.2, 0) is 9.53 Å². The van der Waals surface area contributed by atoms with Crippen molar-refractivity contribution in [1.82, 2.24) is 5.32 Å². The molecule has 1 atom stereocenters. The molecule has 0 amide bonds. The molecule has 106 valence electrons. The Hall–Kier alpha value is -1.55. The molecular weight excluding hydrogens is 242 g/mol. The SMILES string of the molecule is CNC(C)(COc1cc(C)cc(C)c1C)C(=O)OC. The molecule has 0 saturated carbocycles. The highest BCUT2D eigenvalue weighted by Crippen LogP contribution is 2.24. The van der Waals surface area contributed by atoms with Crippen molar-refractivity contribution < 1.29 is 14.3 Å². The standard InChI is InChI=1S/C15H23NO3/c1-10-7-11(2)12(3)13(8-10)19-9-15(4,16-5)14(17)18-6/h7-8,16H,9H2,1-6H3. The van der Waals surface area contributed by atoms with Crippen LogP contribution in [-0.4, -0.2) is 32.3 Å². The number of methoxy groups -OCH3 is 1. The van der Waals surface area contributed by atoms with Crippen LogP contribution in [0.5, 0.6) is 5.75 Å². The third-order valence-corrected chi connectivity index (χ3v) is 3.47. The van der Waals surface area contributed by atoms with Gasteiger partial charge in [0.05, 0.1) is 7.11 Å². The van der Waals surface area contributed by atoms with Gasteiger partial charge in [-0.25, -0.2) is 4.79 Å². The predicted octanol–water partition coefficient (Wildman–Crippen LogP) is 2.14. The van der Waals surface area contributed by atoms with Crippen molar-refractivity contribution in [3.8, 4) is 5.75 Å². The largest absolute Gasteiger partial charge is 0.491 e. The zero-order valence-electron chi connectivity index (χ0n) is 12.6. The number of ether oxygens (including phenoxy) is 2. The number of rotatable bonds is 5. The second kappa shape index (κ2) is 6.06. The molecule has 0 radical (unpaired) electrons. The quantitative estimate of drug-likeness (QED) is 0.829. The molecule has 4 nitrogen and oxygen atoms in total. The van der Waals surface area contributed by atoms with E-state index in [1.165, 1.54) is 12.7 Å². The summed E-state index contributed by atoms with van der Waals surface area (Å²) in [6, 6.07) is 4.09. The molecule has 0 spiro atoms. The van der Waals surface area contributed by atoms with E-state index in [9.17, 15) is 4.79 Å². The van der Waals surface area contributed by atoms with E-state index < -0.39 is 5.54 Å². The summed E-state index contributed by atoms with van der Waals surface area (Å²) >= 11 is 0. The van der Waals surface area contributed by atoms with E-state index in [0.29, 0.717) is 0 Å². The van der Waals surface area contributed by atoms with E-state index in [2.05, 4.69) is 11.4 Å². The van der Waals surface area contributed by atoms with Gasteiger partial charge in [0.1, 0.15) is 17.9 Å². The maximum atomic E-state index is 11.7. The highest BCUT2D eigenvalue weighted by Gasteiger charge is 2.33. The van der Waals surface area contributed by atoms with Crippen molar-refractivity contribution in [3.63, 3.8) is 0 Å². The molecule has 1 N–H and O–H groups in total. The molecule has 1 unspecified atom stereocenters. The minimum atomic E-state index is -0.848. The summed E-state index contributed by atoms with van der Waals surface area (Å²) in [6.07, 6.45) is 0. The van der Waals surface area contributed by atoms with Crippen molar-refractivity contribution in [2.75, 3.05) is 20.8 Å². The number of likely N-dealkylation sites (N-methyl/N-ethyl adjacent to an activating group) is 1. The first-order chi connectivity index (χ1) is 8.84. The van der Waals surface area contributed by atoms with Gasteiger partial charge in [-0.1, -0.05) is 6.07 Å². The zero-order chi connectivity index (χ0) is 14.6. The van der Waals surface area contributed by atoms with E-state index in [4.69, 9.17) is 9.47 Å². The molecular formula is C15H23NO3. The third-order valence-electron chi connectivity index (χ3n) is 3.47. The number of hydrogen-bond donors (Lipinski definition) is 1. The van der Waals surface area contributed by atoms with Crippen molar-refractivity contribution in [2.45, 2.75) is 33.2 Å². The number of aryl methyl sites for hydroxylation is 2. The van der Waals surface area contributed by atoms with Crippen LogP contribution in [0.4, 0.5) is 0 Å². The predicted molar refractivity (Wildman–Crippen MR) is 75.6 cm³/mol. The average molecular weight is 265 g/mol. The number of benzene rings is 1. The van der Waals surface area contributed by atoms with Crippen LogP contribution < -0.4 is 10.1 Å². The summed E-state index contributed by atoms with van der Waals surface area (Å²) in [6.45, 7) is 8.07. The molecule has 0 heterocycles. The van der Waals surface area contributed by atoms with E-state index in [0.717, 1.165) is 16.9 Å².